The first-order chi connectivity index (χ1) is 15.3. The Balaban J connectivity index is 1.17. The molecular formula is C22H28N6O3. The first kappa shape index (κ1) is 19.7. The minimum atomic E-state index is -0.104. The third kappa shape index (κ3) is 4.45. The molecule has 31 heavy (non-hydrogen) atoms. The van der Waals surface area contributed by atoms with E-state index in [-0.39, 0.29) is 6.03 Å². The highest BCUT2D eigenvalue weighted by Crippen LogP contribution is 2.32. The van der Waals surface area contributed by atoms with E-state index in [9.17, 15) is 4.79 Å². The van der Waals surface area contributed by atoms with Crippen LogP contribution in [0.4, 0.5) is 22.2 Å². The monoisotopic (exact) mass is 424 g/mol. The number of carbonyl (C=O) groups excluding carboxylic acids is 1. The molecule has 9 nitrogen and oxygen atoms in total. The minimum Gasteiger partial charge on any atom is -0.486 e. The van der Waals surface area contributed by atoms with Gasteiger partial charge in [-0.3, -0.25) is 0 Å². The van der Waals surface area contributed by atoms with Gasteiger partial charge in [-0.2, -0.15) is 4.98 Å². The van der Waals surface area contributed by atoms with Crippen molar-refractivity contribution in [1.82, 2.24) is 14.9 Å². The molecule has 0 radical (unpaired) electrons. The van der Waals surface area contributed by atoms with Crippen molar-refractivity contribution in [2.24, 2.45) is 0 Å². The molecule has 1 aromatic carbocycles. The van der Waals surface area contributed by atoms with Gasteiger partial charge in [0.2, 0.25) is 5.95 Å². The van der Waals surface area contributed by atoms with Crippen LogP contribution in [0.5, 0.6) is 11.5 Å². The Morgan fingerprint density at radius 2 is 1.65 bits per heavy atom. The fourth-order valence-electron chi connectivity index (χ4n) is 4.22. The topological polar surface area (TPSA) is 83.1 Å². The van der Waals surface area contributed by atoms with E-state index in [1.807, 2.05) is 35.4 Å². The Labute approximate surface area is 182 Å². The molecule has 2 fully saturated rings. The highest BCUT2D eigenvalue weighted by Gasteiger charge is 2.23. The maximum atomic E-state index is 12.7. The van der Waals surface area contributed by atoms with Crippen LogP contribution in [0.2, 0.25) is 0 Å². The number of hydrogen-bond donors (Lipinski definition) is 1. The summed E-state index contributed by atoms with van der Waals surface area (Å²) in [6.07, 6.45) is 5.52. The molecule has 0 unspecified atom stereocenters. The van der Waals surface area contributed by atoms with Gasteiger partial charge in [-0.15, -0.1) is 0 Å². The van der Waals surface area contributed by atoms with Crippen LogP contribution in [0.3, 0.4) is 0 Å². The molecule has 5 rings (SSSR count). The lowest BCUT2D eigenvalue weighted by Crippen LogP contribution is -2.50. The molecule has 1 aromatic heterocycles. The summed E-state index contributed by atoms with van der Waals surface area (Å²) in [5.74, 6) is 3.13. The molecule has 0 atom stereocenters. The molecular weight excluding hydrogens is 396 g/mol. The SMILES string of the molecule is O=C(Nc1ccc2c(c1)OCCO2)N1CCN(c2ccnc(N3CCCCC3)n2)CC1. The Bertz CT molecular complexity index is 925. The fourth-order valence-corrected chi connectivity index (χ4v) is 4.22. The van der Waals surface area contributed by atoms with Crippen LogP contribution < -0.4 is 24.6 Å². The number of carbonyl (C=O) groups is 1. The van der Waals surface area contributed by atoms with Crippen LogP contribution in [0, 0.1) is 0 Å². The summed E-state index contributed by atoms with van der Waals surface area (Å²) in [6.45, 7) is 5.88. The van der Waals surface area contributed by atoms with E-state index in [4.69, 9.17) is 14.5 Å². The van der Waals surface area contributed by atoms with Crippen molar-refractivity contribution in [2.75, 3.05) is 67.6 Å². The predicted octanol–water partition coefficient (Wildman–Crippen LogP) is 2.59. The molecule has 1 N–H and O–H groups in total. The second-order valence-electron chi connectivity index (χ2n) is 8.03. The van der Waals surface area contributed by atoms with Gasteiger partial charge >= 0.3 is 6.03 Å². The molecule has 2 saturated heterocycles. The Morgan fingerprint density at radius 3 is 2.45 bits per heavy atom. The largest absolute Gasteiger partial charge is 0.486 e. The van der Waals surface area contributed by atoms with Crippen molar-refractivity contribution in [1.29, 1.82) is 0 Å². The van der Waals surface area contributed by atoms with E-state index in [0.717, 1.165) is 37.9 Å². The van der Waals surface area contributed by atoms with Gasteiger partial charge in [0.1, 0.15) is 19.0 Å². The summed E-state index contributed by atoms with van der Waals surface area (Å²) >= 11 is 0. The van der Waals surface area contributed by atoms with Crippen molar-refractivity contribution in [3.63, 3.8) is 0 Å². The lowest BCUT2D eigenvalue weighted by molar-refractivity contribution is 0.171. The fraction of sp³-hybridized carbons (Fsp3) is 0.500. The first-order valence-corrected chi connectivity index (χ1v) is 11.0. The summed E-state index contributed by atoms with van der Waals surface area (Å²) in [6, 6.07) is 7.33. The third-order valence-electron chi connectivity index (χ3n) is 5.95. The Hall–Kier alpha value is -3.23. The molecule has 2 aromatic rings. The van der Waals surface area contributed by atoms with Gasteiger partial charge in [-0.25, -0.2) is 9.78 Å². The smallest absolute Gasteiger partial charge is 0.321 e. The number of rotatable bonds is 3. The number of fused-ring (bicyclic) bond motifs is 1. The van der Waals surface area contributed by atoms with E-state index in [1.54, 1.807) is 0 Å². The number of hydrogen-bond acceptors (Lipinski definition) is 7. The average molecular weight is 425 g/mol. The zero-order valence-corrected chi connectivity index (χ0v) is 17.6. The molecule has 3 aliphatic rings. The lowest BCUT2D eigenvalue weighted by Gasteiger charge is -2.36. The molecule has 0 bridgehead atoms. The van der Waals surface area contributed by atoms with Crippen molar-refractivity contribution < 1.29 is 14.3 Å². The van der Waals surface area contributed by atoms with Crippen LogP contribution in [0.1, 0.15) is 19.3 Å². The molecule has 0 spiro atoms. The van der Waals surface area contributed by atoms with Gasteiger partial charge < -0.3 is 29.5 Å². The van der Waals surface area contributed by atoms with E-state index in [2.05, 4.69) is 20.1 Å². The van der Waals surface area contributed by atoms with E-state index in [1.165, 1.54) is 19.3 Å². The highest BCUT2D eigenvalue weighted by molar-refractivity contribution is 5.90. The molecule has 2 amide bonds. The number of aromatic nitrogens is 2. The molecule has 3 aliphatic heterocycles. The number of piperazine rings is 1. The van der Waals surface area contributed by atoms with Gasteiger partial charge in [-0.1, -0.05) is 0 Å². The summed E-state index contributed by atoms with van der Waals surface area (Å²) < 4.78 is 11.1. The first-order valence-electron chi connectivity index (χ1n) is 11.0. The zero-order valence-electron chi connectivity index (χ0n) is 17.6. The number of nitrogens with one attached hydrogen (secondary N) is 1. The molecule has 0 aliphatic carbocycles. The van der Waals surface area contributed by atoms with Crippen molar-refractivity contribution in [2.45, 2.75) is 19.3 Å². The van der Waals surface area contributed by atoms with E-state index >= 15 is 0 Å². The van der Waals surface area contributed by atoms with E-state index in [0.29, 0.717) is 43.5 Å². The van der Waals surface area contributed by atoms with Crippen LogP contribution in [-0.4, -0.2) is 73.4 Å². The van der Waals surface area contributed by atoms with Gasteiger partial charge in [0.25, 0.3) is 0 Å². The second-order valence-corrected chi connectivity index (χ2v) is 8.03. The third-order valence-corrected chi connectivity index (χ3v) is 5.95. The maximum Gasteiger partial charge on any atom is 0.321 e. The van der Waals surface area contributed by atoms with Crippen LogP contribution in [0.15, 0.2) is 30.5 Å². The summed E-state index contributed by atoms with van der Waals surface area (Å²) in [4.78, 5) is 28.3. The maximum absolute atomic E-state index is 12.7. The highest BCUT2D eigenvalue weighted by atomic mass is 16.6. The normalized spacial score (nSPS) is 18.6. The summed E-state index contributed by atoms with van der Waals surface area (Å²) in [5, 5.41) is 2.97. The van der Waals surface area contributed by atoms with Crippen LogP contribution >= 0.6 is 0 Å². The van der Waals surface area contributed by atoms with Gasteiger partial charge in [0.05, 0.1) is 0 Å². The van der Waals surface area contributed by atoms with Crippen LogP contribution in [0.25, 0.3) is 0 Å². The number of piperidine rings is 1. The second kappa shape index (κ2) is 8.87. The molecule has 164 valence electrons. The van der Waals surface area contributed by atoms with Gasteiger partial charge in [0, 0.05) is 57.2 Å². The number of urea groups is 1. The number of ether oxygens (including phenoxy) is 2. The standard InChI is InChI=1S/C22H28N6O3/c29-22(24-17-4-5-18-19(16-17)31-15-14-30-18)28-12-10-26(11-13-28)20-6-7-23-21(25-20)27-8-2-1-3-9-27/h4-7,16H,1-3,8-15H2,(H,24,29). The number of amides is 2. The number of benzene rings is 1. The molecule has 4 heterocycles. The summed E-state index contributed by atoms with van der Waals surface area (Å²) in [5.41, 5.74) is 0.707. The predicted molar refractivity (Wildman–Crippen MR) is 118 cm³/mol. The summed E-state index contributed by atoms with van der Waals surface area (Å²) in [7, 11) is 0. The van der Waals surface area contributed by atoms with Gasteiger partial charge in [0.15, 0.2) is 11.5 Å². The molecule has 9 heteroatoms. The van der Waals surface area contributed by atoms with Crippen LogP contribution in [-0.2, 0) is 0 Å². The minimum absolute atomic E-state index is 0.104. The van der Waals surface area contributed by atoms with Gasteiger partial charge in [-0.05, 0) is 37.5 Å². The number of anilines is 3. The quantitative estimate of drug-likeness (QED) is 0.811. The molecule has 0 saturated carbocycles. The Kier molecular flexibility index (Phi) is 5.64. The average Bonchev–Trinajstić information content (AvgIpc) is 2.85. The van der Waals surface area contributed by atoms with E-state index < -0.39 is 0 Å². The number of nitrogens with zero attached hydrogens (tertiary/aromatic N) is 5. The van der Waals surface area contributed by atoms with Crippen molar-refractivity contribution in [3.05, 3.63) is 30.5 Å². The van der Waals surface area contributed by atoms with Crippen molar-refractivity contribution >= 4 is 23.5 Å². The lowest BCUT2D eigenvalue weighted by atomic mass is 10.1. The zero-order chi connectivity index (χ0) is 21.0. The Morgan fingerprint density at radius 1 is 0.871 bits per heavy atom. The van der Waals surface area contributed by atoms with Crippen molar-refractivity contribution in [3.8, 4) is 11.5 Å².